The zero-order valence-electron chi connectivity index (χ0n) is 21.3. The van der Waals surface area contributed by atoms with Gasteiger partial charge in [0.25, 0.3) is 0 Å². The van der Waals surface area contributed by atoms with E-state index in [-0.39, 0.29) is 37.7 Å². The van der Waals surface area contributed by atoms with Crippen molar-refractivity contribution in [3.63, 3.8) is 0 Å². The third-order valence-corrected chi connectivity index (χ3v) is 6.90. The van der Waals surface area contributed by atoms with Gasteiger partial charge in [-0.25, -0.2) is 4.79 Å². The Morgan fingerprint density at radius 1 is 1.16 bits per heavy atom. The molecular weight excluding hydrogens is 514 g/mol. The molecule has 38 heavy (non-hydrogen) atoms. The van der Waals surface area contributed by atoms with Crippen LogP contribution in [-0.4, -0.2) is 88.6 Å². The molecule has 0 aliphatic carbocycles. The molecule has 2 heterocycles. The number of rotatable bonds is 15. The number of nitrogens with two attached hydrogens (primary N) is 2. The number of carboxylic acid groups (broad SMARTS) is 1. The van der Waals surface area contributed by atoms with Crippen molar-refractivity contribution in [1.29, 1.82) is 5.41 Å². The molecule has 0 bridgehead atoms. The minimum absolute atomic E-state index is 0.0948. The Morgan fingerprint density at radius 2 is 1.89 bits per heavy atom. The number of carbonyl (C=O) groups excluding carboxylic acids is 3. The highest BCUT2D eigenvalue weighted by Gasteiger charge is 2.28. The lowest BCUT2D eigenvalue weighted by molar-refractivity contribution is -0.141. The summed E-state index contributed by atoms with van der Waals surface area (Å²) < 4.78 is 0. The smallest absolute Gasteiger partial charge is 0.326 e. The van der Waals surface area contributed by atoms with Crippen molar-refractivity contribution >= 4 is 41.0 Å². The highest BCUT2D eigenvalue weighted by molar-refractivity contribution is 7.09. The van der Waals surface area contributed by atoms with Crippen LogP contribution >= 0.6 is 11.3 Å². The van der Waals surface area contributed by atoms with Crippen LogP contribution in [0.25, 0.3) is 0 Å². The number of amides is 3. The molecule has 0 aromatic carbocycles. The lowest BCUT2D eigenvalue weighted by Crippen LogP contribution is -2.54. The van der Waals surface area contributed by atoms with Gasteiger partial charge in [-0.1, -0.05) is 17.7 Å². The van der Waals surface area contributed by atoms with Crippen molar-refractivity contribution in [2.45, 2.75) is 63.3 Å². The van der Waals surface area contributed by atoms with Gasteiger partial charge in [-0.15, -0.1) is 11.3 Å². The summed E-state index contributed by atoms with van der Waals surface area (Å²) in [5, 5.41) is 36.2. The van der Waals surface area contributed by atoms with Crippen LogP contribution in [0.1, 0.15) is 37.5 Å². The van der Waals surface area contributed by atoms with Gasteiger partial charge in [0.1, 0.15) is 18.1 Å². The van der Waals surface area contributed by atoms with Crippen molar-refractivity contribution in [1.82, 2.24) is 20.9 Å². The molecule has 4 unspecified atom stereocenters. The Bertz CT molecular complexity index is 1010. The van der Waals surface area contributed by atoms with Gasteiger partial charge in [0.15, 0.2) is 5.96 Å². The first-order chi connectivity index (χ1) is 18.0. The summed E-state index contributed by atoms with van der Waals surface area (Å²) in [5.41, 5.74) is 12.0. The molecule has 0 saturated carbocycles. The minimum Gasteiger partial charge on any atom is -0.480 e. The van der Waals surface area contributed by atoms with Crippen LogP contribution in [0.3, 0.4) is 0 Å². The number of unbranched alkanes of at least 4 members (excludes halogenated alkanes) is 1. The highest BCUT2D eigenvalue weighted by Crippen LogP contribution is 2.15. The molecule has 1 aliphatic rings. The van der Waals surface area contributed by atoms with Crippen molar-refractivity contribution in [2.24, 2.45) is 11.5 Å². The molecule has 0 radical (unpaired) electrons. The molecule has 10 N–H and O–H groups in total. The van der Waals surface area contributed by atoms with Gasteiger partial charge in [-0.2, -0.15) is 0 Å². The summed E-state index contributed by atoms with van der Waals surface area (Å²) in [5.74, 6) is -2.71. The molecule has 4 atom stereocenters. The lowest BCUT2D eigenvalue weighted by atomic mass is 10.0. The number of nitrogens with zero attached hydrogens (tertiary/aromatic N) is 1. The molecule has 14 heteroatoms. The molecule has 2 rings (SSSR count). The number of hydrogen-bond acceptors (Lipinski definition) is 8. The maximum absolute atomic E-state index is 12.9. The predicted molar refractivity (Wildman–Crippen MR) is 142 cm³/mol. The standard InChI is InChI=1S/C24H37N7O6S/c1-14(32)20(25)22(35)30-17(11-15-7-9-31(13-15)24(26)27)21(34)28-8-3-2-6-19(33)29-18(23(36)37)12-16-5-4-10-38-16/h4-5,7,10,14,17-18,20,32H,2-3,6,8-9,11-13,25H2,1H3,(H3,26,27)(H,28,34)(H,29,33)(H,30,35)(H,36,37). The number of aliphatic hydroxyl groups excluding tert-OH is 1. The van der Waals surface area contributed by atoms with E-state index in [0.717, 1.165) is 10.5 Å². The molecule has 1 aromatic heterocycles. The maximum Gasteiger partial charge on any atom is 0.326 e. The molecule has 0 fully saturated rings. The van der Waals surface area contributed by atoms with E-state index < -0.39 is 42.0 Å². The Morgan fingerprint density at radius 3 is 2.47 bits per heavy atom. The number of aliphatic hydroxyl groups is 1. The summed E-state index contributed by atoms with van der Waals surface area (Å²) in [6.45, 7) is 2.40. The number of hydrogen-bond donors (Lipinski definition) is 8. The summed E-state index contributed by atoms with van der Waals surface area (Å²) >= 11 is 1.42. The number of guanidine groups is 1. The van der Waals surface area contributed by atoms with Gasteiger partial charge in [0.05, 0.1) is 6.10 Å². The van der Waals surface area contributed by atoms with E-state index in [1.807, 2.05) is 23.6 Å². The van der Waals surface area contributed by atoms with E-state index in [0.29, 0.717) is 25.9 Å². The van der Waals surface area contributed by atoms with E-state index >= 15 is 0 Å². The first kappa shape index (κ1) is 30.7. The van der Waals surface area contributed by atoms with Gasteiger partial charge in [0, 0.05) is 37.4 Å². The Kier molecular flexibility index (Phi) is 12.2. The van der Waals surface area contributed by atoms with Crippen LogP contribution in [0.5, 0.6) is 0 Å². The average molecular weight is 552 g/mol. The summed E-state index contributed by atoms with van der Waals surface area (Å²) in [6.07, 6.45) is 2.09. The van der Waals surface area contributed by atoms with Gasteiger partial charge < -0.3 is 42.5 Å². The van der Waals surface area contributed by atoms with E-state index in [4.69, 9.17) is 16.9 Å². The van der Waals surface area contributed by atoms with Crippen molar-refractivity contribution in [3.05, 3.63) is 34.0 Å². The maximum atomic E-state index is 12.9. The largest absolute Gasteiger partial charge is 0.480 e. The predicted octanol–water partition coefficient (Wildman–Crippen LogP) is -1.14. The Hall–Kier alpha value is -3.49. The Balaban J connectivity index is 1.82. The zero-order chi connectivity index (χ0) is 28.2. The molecule has 1 aromatic rings. The normalized spacial score (nSPS) is 16.1. The SMILES string of the molecule is CC(O)C(N)C(=O)NC(CC1=CCN(C(=N)N)C1)C(=O)NCCCCC(=O)NC(Cc1cccs1)C(=O)O. The molecule has 3 amide bonds. The second-order valence-corrected chi connectivity index (χ2v) is 10.2. The summed E-state index contributed by atoms with van der Waals surface area (Å²) in [7, 11) is 0. The third-order valence-electron chi connectivity index (χ3n) is 6.01. The first-order valence-electron chi connectivity index (χ1n) is 12.3. The third kappa shape index (κ3) is 10.1. The van der Waals surface area contributed by atoms with Crippen molar-refractivity contribution < 1.29 is 29.4 Å². The van der Waals surface area contributed by atoms with Crippen LogP contribution in [0.15, 0.2) is 29.2 Å². The van der Waals surface area contributed by atoms with E-state index in [2.05, 4.69) is 16.0 Å². The average Bonchev–Trinajstić information content (AvgIpc) is 3.54. The van der Waals surface area contributed by atoms with Crippen LogP contribution in [-0.2, 0) is 25.6 Å². The van der Waals surface area contributed by atoms with Crippen molar-refractivity contribution in [3.8, 4) is 0 Å². The highest BCUT2D eigenvalue weighted by atomic mass is 32.1. The fraction of sp³-hybridized carbons (Fsp3) is 0.542. The second-order valence-electron chi connectivity index (χ2n) is 9.15. The number of carbonyl (C=O) groups is 4. The first-order valence-corrected chi connectivity index (χ1v) is 13.2. The molecule has 1 aliphatic heterocycles. The number of aliphatic carboxylic acids is 1. The molecule has 13 nitrogen and oxygen atoms in total. The molecular formula is C24H37N7O6S. The van der Waals surface area contributed by atoms with Gasteiger partial charge in [-0.05, 0) is 37.6 Å². The van der Waals surface area contributed by atoms with Crippen LogP contribution in [0, 0.1) is 5.41 Å². The molecule has 210 valence electrons. The van der Waals surface area contributed by atoms with Crippen LogP contribution < -0.4 is 27.4 Å². The summed E-state index contributed by atoms with van der Waals surface area (Å²) in [6, 6.07) is 0.456. The lowest BCUT2D eigenvalue weighted by Gasteiger charge is -2.23. The van der Waals surface area contributed by atoms with E-state index in [9.17, 15) is 29.4 Å². The monoisotopic (exact) mass is 551 g/mol. The zero-order valence-corrected chi connectivity index (χ0v) is 22.1. The van der Waals surface area contributed by atoms with Gasteiger partial charge in [-0.3, -0.25) is 19.8 Å². The number of carboxylic acids is 1. The topological polar surface area (TPSA) is 224 Å². The van der Waals surface area contributed by atoms with E-state index in [1.54, 1.807) is 4.90 Å². The van der Waals surface area contributed by atoms with Crippen molar-refractivity contribution in [2.75, 3.05) is 19.6 Å². The van der Waals surface area contributed by atoms with Gasteiger partial charge in [0.2, 0.25) is 17.7 Å². The fourth-order valence-corrected chi connectivity index (χ4v) is 4.50. The van der Waals surface area contributed by atoms with E-state index in [1.165, 1.54) is 18.3 Å². The number of thiophene rings is 1. The van der Waals surface area contributed by atoms with Gasteiger partial charge >= 0.3 is 5.97 Å². The molecule has 0 saturated heterocycles. The quantitative estimate of drug-likeness (QED) is 0.0570. The number of nitrogens with one attached hydrogen (secondary N) is 4. The van der Waals surface area contributed by atoms with Crippen LogP contribution in [0.4, 0.5) is 0 Å². The minimum atomic E-state index is -1.20. The second kappa shape index (κ2) is 15.1. The molecule has 0 spiro atoms. The fourth-order valence-electron chi connectivity index (χ4n) is 3.75. The Labute approximate surface area is 225 Å². The van der Waals surface area contributed by atoms with Crippen LogP contribution in [0.2, 0.25) is 0 Å². The summed E-state index contributed by atoms with van der Waals surface area (Å²) in [4.78, 5) is 51.4.